The lowest BCUT2D eigenvalue weighted by Crippen LogP contribution is -2.05. The summed E-state index contributed by atoms with van der Waals surface area (Å²) in [7, 11) is 0. The second kappa shape index (κ2) is 8.60. The minimum Gasteiger partial charge on any atom is -0.246 e. The largest absolute Gasteiger partial charge is 0.246 e. The normalized spacial score (nSPS) is 11.4. The molecule has 2 aromatic carbocycles. The van der Waals surface area contributed by atoms with Crippen LogP contribution >= 0.6 is 0 Å². The van der Waals surface area contributed by atoms with Crippen molar-refractivity contribution in [3.8, 4) is 22.5 Å². The monoisotopic (exact) mass is 385 g/mol. The molecule has 7 nitrogen and oxygen atoms in total. The van der Waals surface area contributed by atoms with Gasteiger partial charge in [-0.3, -0.25) is 0 Å². The van der Waals surface area contributed by atoms with Crippen LogP contribution in [0.25, 0.3) is 22.5 Å². The SMILES string of the molecule is CC=CCn1nc(CC)nc1Cc1ccc(-c2ccccc2-c2nn[nH]n2)cc1. The molecule has 0 radical (unpaired) electrons. The summed E-state index contributed by atoms with van der Waals surface area (Å²) in [5.74, 6) is 2.46. The van der Waals surface area contributed by atoms with E-state index in [0.29, 0.717) is 5.82 Å². The van der Waals surface area contributed by atoms with Crippen molar-refractivity contribution in [2.24, 2.45) is 0 Å². The summed E-state index contributed by atoms with van der Waals surface area (Å²) in [4.78, 5) is 4.70. The van der Waals surface area contributed by atoms with E-state index < -0.39 is 0 Å². The lowest BCUT2D eigenvalue weighted by molar-refractivity contribution is 0.653. The van der Waals surface area contributed by atoms with Crippen molar-refractivity contribution >= 4 is 0 Å². The van der Waals surface area contributed by atoms with E-state index in [0.717, 1.165) is 47.7 Å². The number of H-pyrrole nitrogens is 1. The number of aromatic nitrogens is 7. The molecular weight excluding hydrogens is 362 g/mol. The smallest absolute Gasteiger partial charge is 0.205 e. The van der Waals surface area contributed by atoms with Crippen LogP contribution < -0.4 is 0 Å². The molecule has 0 aliphatic carbocycles. The highest BCUT2D eigenvalue weighted by molar-refractivity contribution is 5.80. The molecule has 2 heterocycles. The third-order valence-corrected chi connectivity index (χ3v) is 4.76. The van der Waals surface area contributed by atoms with Gasteiger partial charge in [0.2, 0.25) is 5.82 Å². The predicted octanol–water partition coefficient (Wildman–Crippen LogP) is 3.85. The third-order valence-electron chi connectivity index (χ3n) is 4.76. The molecule has 4 rings (SSSR count). The van der Waals surface area contributed by atoms with Crippen LogP contribution in [0.15, 0.2) is 60.7 Å². The highest BCUT2D eigenvalue weighted by Gasteiger charge is 2.12. The Kier molecular flexibility index (Phi) is 5.56. The van der Waals surface area contributed by atoms with Crippen molar-refractivity contribution in [2.45, 2.75) is 33.2 Å². The molecule has 0 fully saturated rings. The number of aryl methyl sites for hydroxylation is 1. The number of aromatic amines is 1. The summed E-state index contributed by atoms with van der Waals surface area (Å²) >= 11 is 0. The fourth-order valence-corrected chi connectivity index (χ4v) is 3.25. The molecule has 0 aliphatic heterocycles. The zero-order chi connectivity index (χ0) is 20.1. The van der Waals surface area contributed by atoms with E-state index in [9.17, 15) is 0 Å². The van der Waals surface area contributed by atoms with Gasteiger partial charge >= 0.3 is 0 Å². The van der Waals surface area contributed by atoms with Gasteiger partial charge in [-0.05, 0) is 28.8 Å². The molecule has 7 heteroatoms. The molecule has 0 bridgehead atoms. The average Bonchev–Trinajstić information content (AvgIpc) is 3.43. The van der Waals surface area contributed by atoms with E-state index in [1.54, 1.807) is 0 Å². The van der Waals surface area contributed by atoms with Crippen molar-refractivity contribution in [2.75, 3.05) is 0 Å². The minimum atomic E-state index is 0.592. The van der Waals surface area contributed by atoms with Crippen molar-refractivity contribution < 1.29 is 0 Å². The van der Waals surface area contributed by atoms with Crippen LogP contribution in [-0.4, -0.2) is 35.4 Å². The van der Waals surface area contributed by atoms with E-state index in [-0.39, 0.29) is 0 Å². The fourth-order valence-electron chi connectivity index (χ4n) is 3.25. The Morgan fingerprint density at radius 1 is 1.03 bits per heavy atom. The summed E-state index contributed by atoms with van der Waals surface area (Å²) in [6, 6.07) is 16.6. The van der Waals surface area contributed by atoms with Crippen LogP contribution in [0.5, 0.6) is 0 Å². The van der Waals surface area contributed by atoms with Gasteiger partial charge in [-0.25, -0.2) is 9.67 Å². The van der Waals surface area contributed by atoms with E-state index >= 15 is 0 Å². The Morgan fingerprint density at radius 2 is 1.83 bits per heavy atom. The number of nitrogens with one attached hydrogen (secondary N) is 1. The first-order valence-electron chi connectivity index (χ1n) is 9.74. The van der Waals surface area contributed by atoms with E-state index in [1.165, 1.54) is 5.56 Å². The molecule has 0 saturated heterocycles. The molecule has 29 heavy (non-hydrogen) atoms. The lowest BCUT2D eigenvalue weighted by Gasteiger charge is -2.08. The van der Waals surface area contributed by atoms with Crippen LogP contribution in [0, 0.1) is 0 Å². The summed E-state index contributed by atoms with van der Waals surface area (Å²) < 4.78 is 1.98. The highest BCUT2D eigenvalue weighted by Crippen LogP contribution is 2.29. The first-order valence-corrected chi connectivity index (χ1v) is 9.74. The van der Waals surface area contributed by atoms with Crippen LogP contribution in [0.3, 0.4) is 0 Å². The molecule has 4 aromatic rings. The van der Waals surface area contributed by atoms with Crippen LogP contribution in [0.1, 0.15) is 31.1 Å². The zero-order valence-corrected chi connectivity index (χ0v) is 16.6. The van der Waals surface area contributed by atoms with E-state index in [4.69, 9.17) is 4.98 Å². The molecule has 0 unspecified atom stereocenters. The summed E-state index contributed by atoms with van der Waals surface area (Å²) in [5, 5.41) is 19.0. The molecule has 2 aromatic heterocycles. The maximum atomic E-state index is 4.70. The summed E-state index contributed by atoms with van der Waals surface area (Å²) in [6.45, 7) is 4.84. The number of hydrogen-bond acceptors (Lipinski definition) is 5. The summed E-state index contributed by atoms with van der Waals surface area (Å²) in [5.41, 5.74) is 4.33. The number of tetrazole rings is 1. The van der Waals surface area contributed by atoms with Crippen molar-refractivity contribution in [3.63, 3.8) is 0 Å². The first kappa shape index (κ1) is 18.7. The molecule has 0 aliphatic rings. The van der Waals surface area contributed by atoms with Crippen molar-refractivity contribution in [1.29, 1.82) is 0 Å². The fraction of sp³-hybridized carbons (Fsp3) is 0.227. The Labute approximate surface area is 169 Å². The van der Waals surface area contributed by atoms with Crippen LogP contribution in [-0.2, 0) is 19.4 Å². The standard InChI is InChI=1S/C22H23N7/c1-3-5-14-29-21(23-20(4-2)26-29)15-16-10-12-17(13-11-16)18-8-6-7-9-19(18)22-24-27-28-25-22/h3,5-13H,4,14-15H2,1-2H3,(H,24,25,27,28). The van der Waals surface area contributed by atoms with Gasteiger partial charge in [0.05, 0.1) is 6.54 Å². The molecule has 146 valence electrons. The Balaban J connectivity index is 1.60. The average molecular weight is 385 g/mol. The van der Waals surface area contributed by atoms with Crippen LogP contribution in [0.4, 0.5) is 0 Å². The Morgan fingerprint density at radius 3 is 2.52 bits per heavy atom. The summed E-state index contributed by atoms with van der Waals surface area (Å²) in [6.07, 6.45) is 5.71. The van der Waals surface area contributed by atoms with Gasteiger partial charge in [-0.15, -0.1) is 10.2 Å². The molecule has 0 spiro atoms. The second-order valence-electron chi connectivity index (χ2n) is 6.70. The van der Waals surface area contributed by atoms with Gasteiger partial charge in [0.1, 0.15) is 5.82 Å². The van der Waals surface area contributed by atoms with E-state index in [2.05, 4.69) is 69.1 Å². The van der Waals surface area contributed by atoms with Gasteiger partial charge in [-0.2, -0.15) is 10.3 Å². The topological polar surface area (TPSA) is 85.2 Å². The van der Waals surface area contributed by atoms with Gasteiger partial charge < -0.3 is 0 Å². The van der Waals surface area contributed by atoms with Crippen molar-refractivity contribution in [1.82, 2.24) is 35.4 Å². The predicted molar refractivity (Wildman–Crippen MR) is 112 cm³/mol. The van der Waals surface area contributed by atoms with E-state index in [1.807, 2.05) is 35.9 Å². The van der Waals surface area contributed by atoms with Gasteiger partial charge in [0.25, 0.3) is 0 Å². The molecule has 0 atom stereocenters. The number of hydrogen-bond donors (Lipinski definition) is 1. The molecule has 0 amide bonds. The molecular formula is C22H23N7. The number of nitrogens with zero attached hydrogens (tertiary/aromatic N) is 6. The molecule has 1 N–H and O–H groups in total. The quantitative estimate of drug-likeness (QED) is 0.488. The first-order chi connectivity index (χ1) is 14.3. The van der Waals surface area contributed by atoms with Gasteiger partial charge in [-0.1, -0.05) is 67.6 Å². The minimum absolute atomic E-state index is 0.592. The number of allylic oxidation sites excluding steroid dienone is 2. The maximum Gasteiger partial charge on any atom is 0.205 e. The highest BCUT2D eigenvalue weighted by atomic mass is 15.5. The Hall–Kier alpha value is -3.61. The van der Waals surface area contributed by atoms with Gasteiger partial charge in [0, 0.05) is 18.4 Å². The zero-order valence-electron chi connectivity index (χ0n) is 16.6. The van der Waals surface area contributed by atoms with Crippen LogP contribution in [0.2, 0.25) is 0 Å². The van der Waals surface area contributed by atoms with Gasteiger partial charge in [0.15, 0.2) is 5.82 Å². The third kappa shape index (κ3) is 4.13. The van der Waals surface area contributed by atoms with Crippen molar-refractivity contribution in [3.05, 3.63) is 77.9 Å². The second-order valence-corrected chi connectivity index (χ2v) is 6.70. The molecule has 0 saturated carbocycles. The number of rotatable bonds is 7. The lowest BCUT2D eigenvalue weighted by atomic mass is 9.98. The number of benzene rings is 2. The maximum absolute atomic E-state index is 4.70. The Bertz CT molecular complexity index is 1090.